The van der Waals surface area contributed by atoms with Crippen LogP contribution in [-0.4, -0.2) is 90.1 Å². The predicted molar refractivity (Wildman–Crippen MR) is 151 cm³/mol. The number of fused-ring (bicyclic) bond motifs is 1. The number of aromatic nitrogens is 3. The lowest BCUT2D eigenvalue weighted by molar-refractivity contribution is 0.207. The third-order valence-electron chi connectivity index (χ3n) is 6.75. The van der Waals surface area contributed by atoms with Gasteiger partial charge in [-0.25, -0.2) is 9.37 Å². The number of benzene rings is 2. The van der Waals surface area contributed by atoms with Crippen molar-refractivity contribution in [3.8, 4) is 17.1 Å². The minimum absolute atomic E-state index is 0.273. The van der Waals surface area contributed by atoms with E-state index in [0.29, 0.717) is 18.1 Å². The van der Waals surface area contributed by atoms with Gasteiger partial charge >= 0.3 is 0 Å². The van der Waals surface area contributed by atoms with Gasteiger partial charge in [-0.15, -0.1) is 0 Å². The standard InChI is InChI=1S/C29H34FN7O/c1-20(37-11-9-36(4)10-12-37)21-5-7-25(28(17-21)38-14-13-35(2)3)33-29-19-31-18-27(34-29)26-16-22-15-23(30)6-8-24(22)32-26/h5-8,15-19,32H,1,9-14H2,2-4H3,(H,33,34). The Morgan fingerprint density at radius 2 is 1.92 bits per heavy atom. The van der Waals surface area contributed by atoms with E-state index in [1.807, 2.05) is 32.3 Å². The second-order valence-electron chi connectivity index (χ2n) is 9.93. The number of nitrogens with zero attached hydrogens (tertiary/aromatic N) is 5. The van der Waals surface area contributed by atoms with E-state index in [0.717, 1.165) is 72.0 Å². The molecular weight excluding hydrogens is 481 g/mol. The molecule has 1 fully saturated rings. The number of ether oxygens (including phenoxy) is 1. The van der Waals surface area contributed by atoms with E-state index in [1.165, 1.54) is 12.1 Å². The largest absolute Gasteiger partial charge is 0.490 e. The number of H-pyrrole nitrogens is 1. The Bertz CT molecular complexity index is 1430. The summed E-state index contributed by atoms with van der Waals surface area (Å²) in [6, 6.07) is 12.6. The number of hydrogen-bond acceptors (Lipinski definition) is 7. The van der Waals surface area contributed by atoms with E-state index in [-0.39, 0.29) is 5.82 Å². The number of rotatable bonds is 9. The van der Waals surface area contributed by atoms with Gasteiger partial charge in [0.15, 0.2) is 0 Å². The molecule has 0 unspecified atom stereocenters. The van der Waals surface area contributed by atoms with Crippen LogP contribution in [0.25, 0.3) is 28.0 Å². The van der Waals surface area contributed by atoms with Crippen molar-refractivity contribution in [3.63, 3.8) is 0 Å². The molecule has 0 saturated carbocycles. The molecule has 1 saturated heterocycles. The lowest BCUT2D eigenvalue weighted by Gasteiger charge is -2.35. The Morgan fingerprint density at radius 3 is 2.71 bits per heavy atom. The van der Waals surface area contributed by atoms with Crippen LogP contribution in [-0.2, 0) is 0 Å². The zero-order valence-corrected chi connectivity index (χ0v) is 22.2. The normalized spacial score (nSPS) is 14.3. The molecule has 2 aromatic heterocycles. The Balaban J connectivity index is 1.39. The Kier molecular flexibility index (Phi) is 7.57. The van der Waals surface area contributed by atoms with Crippen LogP contribution in [0, 0.1) is 5.82 Å². The van der Waals surface area contributed by atoms with Crippen LogP contribution in [0.3, 0.4) is 0 Å². The highest BCUT2D eigenvalue weighted by molar-refractivity contribution is 5.85. The van der Waals surface area contributed by atoms with Gasteiger partial charge in [0, 0.05) is 54.9 Å². The summed E-state index contributed by atoms with van der Waals surface area (Å²) in [5.41, 5.74) is 5.09. The summed E-state index contributed by atoms with van der Waals surface area (Å²) in [6.45, 7) is 9.66. The van der Waals surface area contributed by atoms with E-state index in [4.69, 9.17) is 9.72 Å². The number of likely N-dealkylation sites (N-methyl/N-ethyl adjacent to an activating group) is 2. The predicted octanol–water partition coefficient (Wildman–Crippen LogP) is 4.67. The topological polar surface area (TPSA) is 72.5 Å². The van der Waals surface area contributed by atoms with E-state index in [9.17, 15) is 4.39 Å². The zero-order valence-electron chi connectivity index (χ0n) is 22.2. The Hall–Kier alpha value is -3.95. The van der Waals surface area contributed by atoms with Gasteiger partial charge in [0.2, 0.25) is 0 Å². The first-order valence-electron chi connectivity index (χ1n) is 12.8. The van der Waals surface area contributed by atoms with Gasteiger partial charge in [-0.3, -0.25) is 4.98 Å². The zero-order chi connectivity index (χ0) is 26.6. The van der Waals surface area contributed by atoms with Crippen LogP contribution in [0.15, 0.2) is 61.4 Å². The van der Waals surface area contributed by atoms with Crippen LogP contribution < -0.4 is 10.1 Å². The monoisotopic (exact) mass is 515 g/mol. The van der Waals surface area contributed by atoms with E-state index in [2.05, 4.69) is 49.7 Å². The van der Waals surface area contributed by atoms with Crippen molar-refractivity contribution < 1.29 is 9.13 Å². The van der Waals surface area contributed by atoms with Gasteiger partial charge in [-0.1, -0.05) is 12.6 Å². The molecule has 38 heavy (non-hydrogen) atoms. The summed E-state index contributed by atoms with van der Waals surface area (Å²) < 4.78 is 19.9. The molecule has 0 aliphatic carbocycles. The maximum absolute atomic E-state index is 13.6. The molecule has 2 aromatic carbocycles. The molecule has 8 nitrogen and oxygen atoms in total. The first kappa shape index (κ1) is 25.7. The molecule has 5 rings (SSSR count). The molecule has 4 aromatic rings. The molecule has 0 spiro atoms. The van der Waals surface area contributed by atoms with Gasteiger partial charge in [0.05, 0.1) is 23.8 Å². The number of anilines is 2. The molecule has 3 heterocycles. The summed E-state index contributed by atoms with van der Waals surface area (Å²) in [6.07, 6.45) is 3.36. The van der Waals surface area contributed by atoms with E-state index < -0.39 is 0 Å². The molecule has 2 N–H and O–H groups in total. The second kappa shape index (κ2) is 11.2. The average Bonchev–Trinajstić information content (AvgIpc) is 3.33. The number of hydrogen-bond donors (Lipinski definition) is 2. The number of nitrogens with one attached hydrogen (secondary N) is 2. The smallest absolute Gasteiger partial charge is 0.149 e. The lowest BCUT2D eigenvalue weighted by Crippen LogP contribution is -2.43. The van der Waals surface area contributed by atoms with Crippen molar-refractivity contribution >= 4 is 28.1 Å². The fourth-order valence-electron chi connectivity index (χ4n) is 4.46. The van der Waals surface area contributed by atoms with Crippen LogP contribution in [0.2, 0.25) is 0 Å². The van der Waals surface area contributed by atoms with Crippen LogP contribution in [0.1, 0.15) is 5.56 Å². The first-order valence-corrected chi connectivity index (χ1v) is 12.8. The molecule has 0 radical (unpaired) electrons. The highest BCUT2D eigenvalue weighted by atomic mass is 19.1. The highest BCUT2D eigenvalue weighted by Crippen LogP contribution is 2.32. The van der Waals surface area contributed by atoms with Crippen molar-refractivity contribution in [1.29, 1.82) is 0 Å². The molecule has 0 bridgehead atoms. The van der Waals surface area contributed by atoms with Gasteiger partial charge in [0.25, 0.3) is 0 Å². The van der Waals surface area contributed by atoms with Crippen LogP contribution in [0.4, 0.5) is 15.9 Å². The van der Waals surface area contributed by atoms with Gasteiger partial charge in [-0.2, -0.15) is 0 Å². The minimum Gasteiger partial charge on any atom is -0.490 e. The summed E-state index contributed by atoms with van der Waals surface area (Å²) >= 11 is 0. The third kappa shape index (κ3) is 5.95. The first-order chi connectivity index (χ1) is 18.4. The third-order valence-corrected chi connectivity index (χ3v) is 6.75. The number of halogens is 1. The van der Waals surface area contributed by atoms with Crippen molar-refractivity contribution in [2.24, 2.45) is 0 Å². The van der Waals surface area contributed by atoms with E-state index in [1.54, 1.807) is 18.5 Å². The minimum atomic E-state index is -0.273. The van der Waals surface area contributed by atoms with Crippen molar-refractivity contribution in [2.45, 2.75) is 0 Å². The molecule has 9 heteroatoms. The maximum Gasteiger partial charge on any atom is 0.149 e. The fraction of sp³-hybridized carbons (Fsp3) is 0.310. The maximum atomic E-state index is 13.6. The van der Waals surface area contributed by atoms with Crippen LogP contribution in [0.5, 0.6) is 5.75 Å². The summed E-state index contributed by atoms with van der Waals surface area (Å²) in [4.78, 5) is 19.2. The molecular formula is C29H34FN7O. The Labute approximate surface area is 222 Å². The number of aromatic amines is 1. The molecule has 0 amide bonds. The second-order valence-corrected chi connectivity index (χ2v) is 9.93. The molecule has 1 aliphatic rings. The molecule has 1 aliphatic heterocycles. The lowest BCUT2D eigenvalue weighted by atomic mass is 10.1. The summed E-state index contributed by atoms with van der Waals surface area (Å²) in [5.74, 6) is 1.04. The van der Waals surface area contributed by atoms with Crippen molar-refractivity contribution in [3.05, 3.63) is 72.8 Å². The number of piperazine rings is 1. The van der Waals surface area contributed by atoms with Gasteiger partial charge in [0.1, 0.15) is 29.7 Å². The average molecular weight is 516 g/mol. The molecule has 0 atom stereocenters. The fourth-order valence-corrected chi connectivity index (χ4v) is 4.46. The highest BCUT2D eigenvalue weighted by Gasteiger charge is 2.18. The SMILES string of the molecule is C=C(c1ccc(Nc2cncc(-c3cc4cc(F)ccc4[nH]3)n2)c(OCCN(C)C)c1)N1CCN(C)CC1. The quantitative estimate of drug-likeness (QED) is 0.336. The Morgan fingerprint density at radius 1 is 1.11 bits per heavy atom. The van der Waals surface area contributed by atoms with Crippen molar-refractivity contribution in [2.75, 3.05) is 65.8 Å². The summed E-state index contributed by atoms with van der Waals surface area (Å²) in [5, 5.41) is 4.16. The molecule has 198 valence electrons. The van der Waals surface area contributed by atoms with Gasteiger partial charge < -0.3 is 29.7 Å². The van der Waals surface area contributed by atoms with Crippen molar-refractivity contribution in [1.82, 2.24) is 29.7 Å². The van der Waals surface area contributed by atoms with Crippen LogP contribution >= 0.6 is 0 Å². The summed E-state index contributed by atoms with van der Waals surface area (Å²) in [7, 11) is 6.19. The van der Waals surface area contributed by atoms with E-state index >= 15 is 0 Å². The van der Waals surface area contributed by atoms with Gasteiger partial charge in [-0.05, 0) is 57.5 Å².